The van der Waals surface area contributed by atoms with Gasteiger partial charge < -0.3 is 4.98 Å². The molecule has 142 valence electrons. The van der Waals surface area contributed by atoms with Crippen LogP contribution in [0.25, 0.3) is 16.7 Å². The van der Waals surface area contributed by atoms with Crippen molar-refractivity contribution in [2.75, 3.05) is 11.1 Å². The van der Waals surface area contributed by atoms with Crippen molar-refractivity contribution in [3.8, 4) is 5.69 Å². The molecule has 0 saturated carbocycles. The first kappa shape index (κ1) is 18.3. The van der Waals surface area contributed by atoms with Gasteiger partial charge in [-0.05, 0) is 31.2 Å². The van der Waals surface area contributed by atoms with Crippen LogP contribution in [-0.2, 0) is 4.79 Å². The number of carbonyl (C=O) groups is 1. The molecule has 12 heteroatoms. The van der Waals surface area contributed by atoms with Crippen LogP contribution in [0.4, 0.5) is 9.52 Å². The Kier molecular flexibility index (Phi) is 4.88. The number of benzene rings is 1. The molecule has 0 aliphatic heterocycles. The Hall–Kier alpha value is -3.12. The monoisotopic (exact) mass is 417 g/mol. The molecule has 0 bridgehead atoms. The smallest absolute Gasteiger partial charge is 0.262 e. The highest BCUT2D eigenvalue weighted by atomic mass is 32.2. The molecule has 0 fully saturated rings. The molecule has 9 nitrogen and oxygen atoms in total. The van der Waals surface area contributed by atoms with Gasteiger partial charge in [-0.3, -0.25) is 14.9 Å². The minimum absolute atomic E-state index is 0.0256. The molecule has 2 N–H and O–H groups in total. The second-order valence-electron chi connectivity index (χ2n) is 5.60. The molecular formula is C16H12FN7O2S2. The van der Waals surface area contributed by atoms with E-state index < -0.39 is 0 Å². The lowest BCUT2D eigenvalue weighted by Crippen LogP contribution is -2.15. The normalized spacial score (nSPS) is 11.1. The van der Waals surface area contributed by atoms with Crippen molar-refractivity contribution < 1.29 is 9.18 Å². The molecular weight excluding hydrogens is 405 g/mol. The van der Waals surface area contributed by atoms with Crippen molar-refractivity contribution in [3.63, 3.8) is 0 Å². The second kappa shape index (κ2) is 7.48. The number of fused-ring (bicyclic) bond motifs is 1. The van der Waals surface area contributed by atoms with E-state index in [4.69, 9.17) is 0 Å². The molecule has 0 aliphatic rings. The lowest BCUT2D eigenvalue weighted by molar-refractivity contribution is -0.113. The van der Waals surface area contributed by atoms with Gasteiger partial charge in [-0.15, -0.1) is 10.2 Å². The maximum Gasteiger partial charge on any atom is 0.262 e. The lowest BCUT2D eigenvalue weighted by atomic mass is 10.3. The first-order valence-electron chi connectivity index (χ1n) is 7.96. The molecule has 4 rings (SSSR count). The van der Waals surface area contributed by atoms with E-state index in [1.54, 1.807) is 6.92 Å². The van der Waals surface area contributed by atoms with Crippen molar-refractivity contribution in [3.05, 3.63) is 51.6 Å². The van der Waals surface area contributed by atoms with Crippen molar-refractivity contribution in [2.24, 2.45) is 0 Å². The Bertz CT molecular complexity index is 1220. The van der Waals surface area contributed by atoms with E-state index in [2.05, 4.69) is 30.6 Å². The van der Waals surface area contributed by atoms with Crippen LogP contribution in [0.15, 0.2) is 40.4 Å². The number of nitrogens with one attached hydrogen (secondary N) is 2. The Balaban J connectivity index is 1.56. The molecule has 1 aromatic carbocycles. The van der Waals surface area contributed by atoms with E-state index >= 15 is 0 Å². The van der Waals surface area contributed by atoms with Crippen molar-refractivity contribution in [1.29, 1.82) is 0 Å². The Morgan fingerprint density at radius 1 is 1.32 bits per heavy atom. The van der Waals surface area contributed by atoms with E-state index in [0.717, 1.165) is 16.8 Å². The molecule has 0 atom stereocenters. The van der Waals surface area contributed by atoms with Gasteiger partial charge in [0, 0.05) is 0 Å². The van der Waals surface area contributed by atoms with Gasteiger partial charge in [-0.2, -0.15) is 5.10 Å². The fourth-order valence-corrected chi connectivity index (χ4v) is 3.64. The van der Waals surface area contributed by atoms with Crippen molar-refractivity contribution in [2.45, 2.75) is 12.1 Å². The van der Waals surface area contributed by atoms with Crippen LogP contribution >= 0.6 is 23.1 Å². The van der Waals surface area contributed by atoms with Crippen LogP contribution in [0.1, 0.15) is 5.01 Å². The molecule has 4 aromatic rings. The molecule has 0 unspecified atom stereocenters. The molecule has 1 amide bonds. The molecule has 3 heterocycles. The molecule has 0 saturated heterocycles. The number of H-pyrrole nitrogens is 1. The summed E-state index contributed by atoms with van der Waals surface area (Å²) in [6.07, 6.45) is 1.39. The van der Waals surface area contributed by atoms with Crippen LogP contribution in [0.5, 0.6) is 0 Å². The SMILES string of the molecule is Cc1nnc(NC(=O)CSc2nc3c(cnn3-c3ccc(F)cc3)c(=O)[nH]2)s1. The number of hydrogen-bond donors (Lipinski definition) is 2. The number of halogens is 1. The van der Waals surface area contributed by atoms with Gasteiger partial charge in [0.25, 0.3) is 5.56 Å². The summed E-state index contributed by atoms with van der Waals surface area (Å²) >= 11 is 2.34. The van der Waals surface area contributed by atoms with E-state index in [0.29, 0.717) is 21.9 Å². The van der Waals surface area contributed by atoms with Gasteiger partial charge in [-0.1, -0.05) is 23.1 Å². The molecule has 28 heavy (non-hydrogen) atoms. The maximum atomic E-state index is 13.2. The summed E-state index contributed by atoms with van der Waals surface area (Å²) in [4.78, 5) is 31.4. The number of anilines is 1. The topological polar surface area (TPSA) is 118 Å². The molecule has 0 radical (unpaired) electrons. The minimum Gasteiger partial charge on any atom is -0.301 e. The van der Waals surface area contributed by atoms with Gasteiger partial charge in [0.05, 0.1) is 17.6 Å². The average molecular weight is 417 g/mol. The quantitative estimate of drug-likeness (QED) is 0.377. The second-order valence-corrected chi connectivity index (χ2v) is 7.75. The van der Waals surface area contributed by atoms with Crippen LogP contribution in [-0.4, -0.2) is 41.6 Å². The van der Waals surface area contributed by atoms with Gasteiger partial charge in [-0.25, -0.2) is 14.1 Å². The third-order valence-electron chi connectivity index (χ3n) is 3.60. The van der Waals surface area contributed by atoms with Gasteiger partial charge in [0.1, 0.15) is 16.2 Å². The summed E-state index contributed by atoms with van der Waals surface area (Å²) < 4.78 is 14.6. The first-order chi connectivity index (χ1) is 13.5. The highest BCUT2D eigenvalue weighted by molar-refractivity contribution is 7.99. The Labute approximate surface area is 165 Å². The number of thioether (sulfide) groups is 1. The minimum atomic E-state index is -0.376. The fraction of sp³-hybridized carbons (Fsp3) is 0.125. The van der Waals surface area contributed by atoms with E-state index in [1.165, 1.54) is 46.5 Å². The largest absolute Gasteiger partial charge is 0.301 e. The van der Waals surface area contributed by atoms with Crippen LogP contribution in [0, 0.1) is 12.7 Å². The zero-order chi connectivity index (χ0) is 19.7. The summed E-state index contributed by atoms with van der Waals surface area (Å²) in [6, 6.07) is 5.67. The highest BCUT2D eigenvalue weighted by Gasteiger charge is 2.13. The number of aromatic amines is 1. The molecule has 3 aromatic heterocycles. The zero-order valence-electron chi connectivity index (χ0n) is 14.3. The van der Waals surface area contributed by atoms with Gasteiger partial charge in [0.2, 0.25) is 11.0 Å². The number of rotatable bonds is 5. The van der Waals surface area contributed by atoms with E-state index in [1.807, 2.05) is 0 Å². The predicted molar refractivity (Wildman–Crippen MR) is 103 cm³/mol. The summed E-state index contributed by atoms with van der Waals surface area (Å²) in [5.74, 6) is -0.646. The predicted octanol–water partition coefficient (Wildman–Crippen LogP) is 2.14. The van der Waals surface area contributed by atoms with Crippen LogP contribution in [0.3, 0.4) is 0 Å². The average Bonchev–Trinajstić information content (AvgIpc) is 3.27. The summed E-state index contributed by atoms with van der Waals surface area (Å²) in [5.41, 5.74) is 0.508. The van der Waals surface area contributed by atoms with Gasteiger partial charge >= 0.3 is 0 Å². The van der Waals surface area contributed by atoms with E-state index in [9.17, 15) is 14.0 Å². The maximum absolute atomic E-state index is 13.2. The molecule has 0 aliphatic carbocycles. The number of carbonyl (C=O) groups excluding carboxylic acids is 1. The lowest BCUT2D eigenvalue weighted by Gasteiger charge is -2.04. The summed E-state index contributed by atoms with van der Waals surface area (Å²) in [6.45, 7) is 1.79. The number of amides is 1. The number of nitrogens with zero attached hydrogens (tertiary/aromatic N) is 5. The van der Waals surface area contributed by atoms with Crippen LogP contribution < -0.4 is 10.9 Å². The van der Waals surface area contributed by atoms with Crippen LogP contribution in [0.2, 0.25) is 0 Å². The Morgan fingerprint density at radius 3 is 2.82 bits per heavy atom. The first-order valence-corrected chi connectivity index (χ1v) is 9.76. The fourth-order valence-electron chi connectivity index (χ4n) is 2.37. The number of hydrogen-bond acceptors (Lipinski definition) is 8. The standard InChI is InChI=1S/C16H12FN7O2S2/c1-8-22-23-16(28-8)19-12(25)7-27-15-20-13-11(14(26)21-15)6-18-24(13)10-4-2-9(17)3-5-10/h2-6H,7H2,1H3,(H,19,23,25)(H,20,21,26). The molecule has 0 spiro atoms. The summed E-state index contributed by atoms with van der Waals surface area (Å²) in [5, 5.41) is 16.2. The van der Waals surface area contributed by atoms with Crippen molar-refractivity contribution in [1.82, 2.24) is 29.9 Å². The number of aryl methyl sites for hydroxylation is 1. The van der Waals surface area contributed by atoms with Crippen molar-refractivity contribution >= 4 is 45.2 Å². The summed E-state index contributed by atoms with van der Waals surface area (Å²) in [7, 11) is 0. The third kappa shape index (κ3) is 3.77. The highest BCUT2D eigenvalue weighted by Crippen LogP contribution is 2.19. The Morgan fingerprint density at radius 2 is 2.11 bits per heavy atom. The number of aromatic nitrogens is 6. The van der Waals surface area contributed by atoms with E-state index in [-0.39, 0.29) is 28.2 Å². The van der Waals surface area contributed by atoms with Gasteiger partial charge in [0.15, 0.2) is 10.8 Å². The zero-order valence-corrected chi connectivity index (χ0v) is 16.0. The third-order valence-corrected chi connectivity index (χ3v) is 5.23.